The summed E-state index contributed by atoms with van der Waals surface area (Å²) in [5, 5.41) is -0.0750. The van der Waals surface area contributed by atoms with E-state index in [2.05, 4.69) is 4.98 Å². The molecular weight excluding hydrogens is 384 g/mol. The van der Waals surface area contributed by atoms with Crippen molar-refractivity contribution in [3.63, 3.8) is 0 Å². The van der Waals surface area contributed by atoms with Crippen molar-refractivity contribution in [3.8, 4) is 5.75 Å². The molecule has 1 aromatic carbocycles. The van der Waals surface area contributed by atoms with Crippen molar-refractivity contribution in [2.75, 3.05) is 6.61 Å². The number of carbonyl (C=O) groups is 1. The molecule has 10 heteroatoms. The Labute approximate surface area is 154 Å². The number of ether oxygens (including phenoxy) is 1. The second kappa shape index (κ2) is 6.65. The molecule has 0 saturated heterocycles. The normalized spacial score (nSPS) is 11.7. The molecule has 0 atom stereocenters. The largest absolute Gasteiger partial charge is 0.462 e. The molecule has 0 radical (unpaired) electrons. The lowest BCUT2D eigenvalue weighted by Gasteiger charge is -2.06. The first-order valence-corrected chi connectivity index (χ1v) is 9.34. The van der Waals surface area contributed by atoms with Crippen LogP contribution in [0.2, 0.25) is 5.15 Å². The molecule has 3 aromatic rings. The zero-order chi connectivity index (χ0) is 19.1. The summed E-state index contributed by atoms with van der Waals surface area (Å²) >= 11 is 5.92. The standard InChI is InChI=1S/C16H15ClN2O6S/c1-4-23-16(20)13-9(2)24-12-6-5-10(7-11(12)13)25-26(21,22)15-14(17)19(3)8-18-15/h5-8H,4H2,1-3H3. The first-order chi connectivity index (χ1) is 12.2. The van der Waals surface area contributed by atoms with E-state index in [0.717, 1.165) is 0 Å². The van der Waals surface area contributed by atoms with Gasteiger partial charge in [0.25, 0.3) is 0 Å². The Hall–Kier alpha value is -2.52. The van der Waals surface area contributed by atoms with Crippen LogP contribution < -0.4 is 4.18 Å². The van der Waals surface area contributed by atoms with Gasteiger partial charge >= 0.3 is 16.1 Å². The smallest absolute Gasteiger partial charge is 0.360 e. The molecule has 0 unspecified atom stereocenters. The molecule has 0 aliphatic rings. The molecule has 2 aromatic heterocycles. The number of aryl methyl sites for hydroxylation is 2. The Balaban J connectivity index is 2.02. The molecule has 26 heavy (non-hydrogen) atoms. The van der Waals surface area contributed by atoms with E-state index in [1.807, 2.05) is 0 Å². The molecule has 0 fully saturated rings. The van der Waals surface area contributed by atoms with Crippen LogP contribution in [0.3, 0.4) is 0 Å². The van der Waals surface area contributed by atoms with Crippen molar-refractivity contribution in [2.45, 2.75) is 18.9 Å². The Bertz CT molecular complexity index is 1100. The number of halogens is 1. The lowest BCUT2D eigenvalue weighted by Crippen LogP contribution is -2.11. The van der Waals surface area contributed by atoms with Crippen molar-refractivity contribution in [1.82, 2.24) is 9.55 Å². The minimum absolute atomic E-state index is 0.00873. The highest BCUT2D eigenvalue weighted by molar-refractivity contribution is 7.87. The first-order valence-electron chi connectivity index (χ1n) is 7.56. The fourth-order valence-corrected chi connectivity index (χ4v) is 3.77. The Kier molecular flexibility index (Phi) is 4.68. The van der Waals surface area contributed by atoms with E-state index < -0.39 is 21.1 Å². The quantitative estimate of drug-likeness (QED) is 0.480. The second-order valence-corrected chi connectivity index (χ2v) is 7.22. The second-order valence-electron chi connectivity index (χ2n) is 5.40. The van der Waals surface area contributed by atoms with E-state index in [0.29, 0.717) is 16.7 Å². The van der Waals surface area contributed by atoms with Crippen LogP contribution in [0.4, 0.5) is 0 Å². The third-order valence-electron chi connectivity index (χ3n) is 3.59. The summed E-state index contributed by atoms with van der Waals surface area (Å²) in [4.78, 5) is 15.9. The topological polar surface area (TPSA) is 101 Å². The predicted octanol–water partition coefficient (Wildman–Crippen LogP) is 3.07. The number of benzene rings is 1. The molecule has 8 nitrogen and oxygen atoms in total. The third-order valence-corrected chi connectivity index (χ3v) is 5.33. The summed E-state index contributed by atoms with van der Waals surface area (Å²) in [6, 6.07) is 4.32. The summed E-state index contributed by atoms with van der Waals surface area (Å²) < 4.78 is 41.8. The van der Waals surface area contributed by atoms with E-state index in [1.165, 1.54) is 29.1 Å². The van der Waals surface area contributed by atoms with Gasteiger partial charge < -0.3 is 17.9 Å². The molecule has 0 N–H and O–H groups in total. The molecule has 0 aliphatic heterocycles. The summed E-state index contributed by atoms with van der Waals surface area (Å²) in [5.41, 5.74) is 0.631. The molecule has 0 spiro atoms. The molecule has 0 bridgehead atoms. The van der Waals surface area contributed by atoms with Gasteiger partial charge in [-0.05, 0) is 32.0 Å². The monoisotopic (exact) mass is 398 g/mol. The van der Waals surface area contributed by atoms with E-state index in [1.54, 1.807) is 20.9 Å². The predicted molar refractivity (Wildman–Crippen MR) is 92.9 cm³/mol. The molecular formula is C16H15ClN2O6S. The Morgan fingerprint density at radius 2 is 2.12 bits per heavy atom. The van der Waals surface area contributed by atoms with E-state index in [-0.39, 0.29) is 23.1 Å². The van der Waals surface area contributed by atoms with Crippen LogP contribution >= 0.6 is 11.6 Å². The van der Waals surface area contributed by atoms with Crippen molar-refractivity contribution in [2.24, 2.45) is 7.05 Å². The average molecular weight is 399 g/mol. The molecule has 2 heterocycles. The van der Waals surface area contributed by atoms with E-state index in [4.69, 9.17) is 24.9 Å². The molecule has 3 rings (SSSR count). The van der Waals surface area contributed by atoms with Gasteiger partial charge in [-0.25, -0.2) is 9.78 Å². The van der Waals surface area contributed by atoms with Crippen LogP contribution in [-0.4, -0.2) is 30.5 Å². The van der Waals surface area contributed by atoms with Crippen LogP contribution in [0.5, 0.6) is 5.75 Å². The van der Waals surface area contributed by atoms with Gasteiger partial charge in [-0.15, -0.1) is 0 Å². The maximum absolute atomic E-state index is 12.4. The molecule has 0 amide bonds. The number of nitrogens with zero attached hydrogens (tertiary/aromatic N) is 2. The van der Waals surface area contributed by atoms with Crippen LogP contribution in [-0.2, 0) is 21.9 Å². The van der Waals surface area contributed by atoms with Gasteiger partial charge in [0.2, 0.25) is 5.03 Å². The van der Waals surface area contributed by atoms with Crippen LogP contribution in [0.25, 0.3) is 11.0 Å². The number of hydrogen-bond donors (Lipinski definition) is 0. The number of esters is 1. The van der Waals surface area contributed by atoms with Gasteiger partial charge in [-0.3, -0.25) is 0 Å². The van der Waals surface area contributed by atoms with E-state index >= 15 is 0 Å². The van der Waals surface area contributed by atoms with Gasteiger partial charge in [0.1, 0.15) is 22.7 Å². The van der Waals surface area contributed by atoms with Crippen LogP contribution in [0, 0.1) is 6.92 Å². The fraction of sp³-hybridized carbons (Fsp3) is 0.250. The van der Waals surface area contributed by atoms with Gasteiger partial charge in [0.05, 0.1) is 12.9 Å². The Morgan fingerprint density at radius 1 is 1.38 bits per heavy atom. The fourth-order valence-electron chi connectivity index (χ4n) is 2.44. The molecule has 0 saturated carbocycles. The highest BCUT2D eigenvalue weighted by Gasteiger charge is 2.26. The highest BCUT2D eigenvalue weighted by atomic mass is 35.5. The minimum Gasteiger partial charge on any atom is -0.462 e. The number of carbonyl (C=O) groups excluding carboxylic acids is 1. The number of furan rings is 1. The number of rotatable bonds is 5. The van der Waals surface area contributed by atoms with Crippen LogP contribution in [0.1, 0.15) is 23.0 Å². The highest BCUT2D eigenvalue weighted by Crippen LogP contribution is 2.31. The lowest BCUT2D eigenvalue weighted by molar-refractivity contribution is 0.0526. The van der Waals surface area contributed by atoms with Crippen molar-refractivity contribution < 1.29 is 26.5 Å². The van der Waals surface area contributed by atoms with Crippen molar-refractivity contribution in [1.29, 1.82) is 0 Å². The number of fused-ring (bicyclic) bond motifs is 1. The third kappa shape index (κ3) is 3.15. The molecule has 138 valence electrons. The van der Waals surface area contributed by atoms with Gasteiger partial charge in [0.15, 0.2) is 5.15 Å². The zero-order valence-corrected chi connectivity index (χ0v) is 15.7. The number of hydrogen-bond acceptors (Lipinski definition) is 7. The lowest BCUT2D eigenvalue weighted by atomic mass is 10.1. The SMILES string of the molecule is CCOC(=O)c1c(C)oc2ccc(OS(=O)(=O)c3ncn(C)c3Cl)cc12. The van der Waals surface area contributed by atoms with Crippen molar-refractivity contribution in [3.05, 3.63) is 41.0 Å². The molecule has 0 aliphatic carbocycles. The van der Waals surface area contributed by atoms with Gasteiger partial charge in [-0.1, -0.05) is 11.6 Å². The number of aromatic nitrogens is 2. The van der Waals surface area contributed by atoms with Gasteiger partial charge in [-0.2, -0.15) is 8.42 Å². The minimum atomic E-state index is -4.24. The zero-order valence-electron chi connectivity index (χ0n) is 14.1. The summed E-state index contributed by atoms with van der Waals surface area (Å²) in [7, 11) is -2.68. The number of imidazole rings is 1. The summed E-state index contributed by atoms with van der Waals surface area (Å²) in [6.07, 6.45) is 1.26. The first kappa shape index (κ1) is 18.3. The van der Waals surface area contributed by atoms with E-state index in [9.17, 15) is 13.2 Å². The Morgan fingerprint density at radius 3 is 2.73 bits per heavy atom. The maximum atomic E-state index is 12.4. The summed E-state index contributed by atoms with van der Waals surface area (Å²) in [6.45, 7) is 3.51. The maximum Gasteiger partial charge on any atom is 0.360 e. The average Bonchev–Trinajstić information content (AvgIpc) is 3.06. The van der Waals surface area contributed by atoms with Gasteiger partial charge in [0, 0.05) is 12.4 Å². The van der Waals surface area contributed by atoms with Crippen LogP contribution in [0.15, 0.2) is 34.0 Å². The summed E-state index contributed by atoms with van der Waals surface area (Å²) in [5.74, 6) is -0.201. The van der Waals surface area contributed by atoms with Crippen molar-refractivity contribution >= 4 is 38.7 Å².